The fraction of sp³-hybridized carbons (Fsp3) is 0.250. The minimum Gasteiger partial charge on any atom is -0.368 e. The monoisotopic (exact) mass is 246 g/mol. The number of thioether (sulfide) groups is 1. The zero-order valence-electron chi connectivity index (χ0n) is 9.84. The van der Waals surface area contributed by atoms with E-state index < -0.39 is 0 Å². The first-order valence-electron chi connectivity index (χ1n) is 5.40. The number of nitrogens with two attached hydrogens (primary N) is 1. The number of hydrogen-bond donors (Lipinski definition) is 1. The van der Waals surface area contributed by atoms with E-state index in [-0.39, 0.29) is 5.95 Å². The molecule has 2 aromatic rings. The number of hydrogen-bond acceptors (Lipinski definition) is 5. The summed E-state index contributed by atoms with van der Waals surface area (Å²) >= 11 is 1.81. The molecule has 2 N–H and O–H groups in total. The van der Waals surface area contributed by atoms with E-state index in [4.69, 9.17) is 5.73 Å². The van der Waals surface area contributed by atoms with Gasteiger partial charge in [-0.1, -0.05) is 19.1 Å². The molecule has 0 saturated heterocycles. The van der Waals surface area contributed by atoms with Crippen LogP contribution in [0.15, 0.2) is 29.2 Å². The fourth-order valence-electron chi connectivity index (χ4n) is 1.50. The van der Waals surface area contributed by atoms with Crippen LogP contribution in [0.2, 0.25) is 0 Å². The molecule has 0 aliphatic carbocycles. The van der Waals surface area contributed by atoms with Crippen LogP contribution in [0.4, 0.5) is 5.95 Å². The number of rotatable bonds is 3. The quantitative estimate of drug-likeness (QED) is 0.843. The number of aromatic nitrogens is 3. The van der Waals surface area contributed by atoms with Gasteiger partial charge < -0.3 is 5.73 Å². The molecule has 0 spiro atoms. The third-order valence-electron chi connectivity index (χ3n) is 2.19. The summed E-state index contributed by atoms with van der Waals surface area (Å²) in [7, 11) is 0. The SMILES string of the molecule is CCSc1ccc(-c2nc(C)nc(N)n2)cc1. The van der Waals surface area contributed by atoms with Crippen LogP contribution in [0, 0.1) is 6.92 Å². The van der Waals surface area contributed by atoms with E-state index >= 15 is 0 Å². The zero-order valence-corrected chi connectivity index (χ0v) is 10.7. The second-order valence-corrected chi connectivity index (χ2v) is 4.86. The number of aryl methyl sites for hydroxylation is 1. The molecule has 0 fully saturated rings. The predicted molar refractivity (Wildman–Crippen MR) is 70.8 cm³/mol. The first-order valence-corrected chi connectivity index (χ1v) is 6.39. The number of anilines is 1. The maximum Gasteiger partial charge on any atom is 0.223 e. The molecule has 0 atom stereocenters. The summed E-state index contributed by atoms with van der Waals surface area (Å²) in [5, 5.41) is 0. The maximum atomic E-state index is 5.61. The van der Waals surface area contributed by atoms with Crippen molar-refractivity contribution >= 4 is 17.7 Å². The Kier molecular flexibility index (Phi) is 3.58. The Balaban J connectivity index is 2.32. The van der Waals surface area contributed by atoms with Crippen LogP contribution in [0.3, 0.4) is 0 Å². The summed E-state index contributed by atoms with van der Waals surface area (Å²) in [5.41, 5.74) is 6.57. The van der Waals surface area contributed by atoms with Crippen molar-refractivity contribution in [2.24, 2.45) is 0 Å². The summed E-state index contributed by atoms with van der Waals surface area (Å²) in [6.07, 6.45) is 0. The molecule has 2 rings (SSSR count). The number of benzene rings is 1. The van der Waals surface area contributed by atoms with Crippen LogP contribution in [0.5, 0.6) is 0 Å². The highest BCUT2D eigenvalue weighted by molar-refractivity contribution is 7.99. The molecule has 1 heterocycles. The highest BCUT2D eigenvalue weighted by atomic mass is 32.2. The van der Waals surface area contributed by atoms with Crippen molar-refractivity contribution in [1.82, 2.24) is 15.0 Å². The van der Waals surface area contributed by atoms with Crippen LogP contribution in [-0.4, -0.2) is 20.7 Å². The second-order valence-electron chi connectivity index (χ2n) is 3.52. The average Bonchev–Trinajstić information content (AvgIpc) is 2.29. The zero-order chi connectivity index (χ0) is 12.3. The molecule has 5 heteroatoms. The molecule has 1 aromatic heterocycles. The average molecular weight is 246 g/mol. The first-order chi connectivity index (χ1) is 8.19. The maximum absolute atomic E-state index is 5.61. The van der Waals surface area contributed by atoms with Crippen molar-refractivity contribution < 1.29 is 0 Å². The van der Waals surface area contributed by atoms with Gasteiger partial charge in [-0.15, -0.1) is 11.8 Å². The molecule has 0 amide bonds. The first kappa shape index (κ1) is 11.9. The Morgan fingerprint density at radius 1 is 1.12 bits per heavy atom. The Bertz CT molecular complexity index is 490. The lowest BCUT2D eigenvalue weighted by Gasteiger charge is -2.03. The summed E-state index contributed by atoms with van der Waals surface area (Å²) in [4.78, 5) is 13.6. The van der Waals surface area contributed by atoms with E-state index in [9.17, 15) is 0 Å². The normalized spacial score (nSPS) is 10.5. The van der Waals surface area contributed by atoms with Gasteiger partial charge in [0.15, 0.2) is 5.82 Å². The standard InChI is InChI=1S/C12H14N4S/c1-3-17-10-6-4-9(5-7-10)11-14-8(2)15-12(13)16-11/h4-7H,3H2,1-2H3,(H2,13,14,15,16). The van der Waals surface area contributed by atoms with Crippen LogP contribution in [0.25, 0.3) is 11.4 Å². The van der Waals surface area contributed by atoms with Gasteiger partial charge in [-0.05, 0) is 24.8 Å². The summed E-state index contributed by atoms with van der Waals surface area (Å²) < 4.78 is 0. The molecule has 0 aliphatic rings. The minimum absolute atomic E-state index is 0.263. The molecule has 1 aromatic carbocycles. The third-order valence-corrected chi connectivity index (χ3v) is 3.08. The van der Waals surface area contributed by atoms with E-state index in [1.165, 1.54) is 4.90 Å². The van der Waals surface area contributed by atoms with E-state index in [0.717, 1.165) is 11.3 Å². The van der Waals surface area contributed by atoms with Crippen LogP contribution >= 0.6 is 11.8 Å². The van der Waals surface area contributed by atoms with Crippen molar-refractivity contribution in [2.45, 2.75) is 18.7 Å². The predicted octanol–water partition coefficient (Wildman–Crippen LogP) is 2.54. The van der Waals surface area contributed by atoms with Crippen molar-refractivity contribution in [2.75, 3.05) is 11.5 Å². The lowest BCUT2D eigenvalue weighted by Crippen LogP contribution is -2.01. The van der Waals surface area contributed by atoms with Crippen LogP contribution in [0.1, 0.15) is 12.7 Å². The topological polar surface area (TPSA) is 64.7 Å². The largest absolute Gasteiger partial charge is 0.368 e. The van der Waals surface area contributed by atoms with E-state index in [1.54, 1.807) is 0 Å². The van der Waals surface area contributed by atoms with Gasteiger partial charge in [0.2, 0.25) is 5.95 Å². The Hall–Kier alpha value is -1.62. The van der Waals surface area contributed by atoms with Gasteiger partial charge in [0.05, 0.1) is 0 Å². The van der Waals surface area contributed by atoms with Crippen molar-refractivity contribution in [1.29, 1.82) is 0 Å². The number of nitrogen functional groups attached to an aromatic ring is 1. The summed E-state index contributed by atoms with van der Waals surface area (Å²) in [6.45, 7) is 3.94. The summed E-state index contributed by atoms with van der Waals surface area (Å²) in [6, 6.07) is 8.15. The van der Waals surface area contributed by atoms with Crippen molar-refractivity contribution in [3.05, 3.63) is 30.1 Å². The van der Waals surface area contributed by atoms with Crippen LogP contribution < -0.4 is 5.73 Å². The molecule has 0 bridgehead atoms. The van der Waals surface area contributed by atoms with Gasteiger partial charge in [-0.3, -0.25) is 0 Å². The van der Waals surface area contributed by atoms with E-state index in [1.807, 2.05) is 30.8 Å². The van der Waals surface area contributed by atoms with Gasteiger partial charge >= 0.3 is 0 Å². The molecule has 0 radical (unpaired) electrons. The molecule has 0 unspecified atom stereocenters. The molecule has 0 saturated carbocycles. The highest BCUT2D eigenvalue weighted by Crippen LogP contribution is 2.22. The Labute approximate surface area is 105 Å². The van der Waals surface area contributed by atoms with E-state index in [0.29, 0.717) is 11.6 Å². The fourth-order valence-corrected chi connectivity index (χ4v) is 2.16. The molecule has 4 nitrogen and oxygen atoms in total. The van der Waals surface area contributed by atoms with Gasteiger partial charge in [0.25, 0.3) is 0 Å². The molecule has 0 aliphatic heterocycles. The lowest BCUT2D eigenvalue weighted by atomic mass is 10.2. The lowest BCUT2D eigenvalue weighted by molar-refractivity contribution is 0.996. The van der Waals surface area contributed by atoms with E-state index in [2.05, 4.69) is 34.0 Å². The summed E-state index contributed by atoms with van der Waals surface area (Å²) in [5.74, 6) is 2.60. The molecule has 88 valence electrons. The highest BCUT2D eigenvalue weighted by Gasteiger charge is 2.04. The smallest absolute Gasteiger partial charge is 0.223 e. The molecule has 17 heavy (non-hydrogen) atoms. The van der Waals surface area contributed by atoms with Crippen molar-refractivity contribution in [3.8, 4) is 11.4 Å². The minimum atomic E-state index is 0.263. The second kappa shape index (κ2) is 5.14. The van der Waals surface area contributed by atoms with Gasteiger partial charge in [-0.2, -0.15) is 9.97 Å². The van der Waals surface area contributed by atoms with Crippen LogP contribution in [-0.2, 0) is 0 Å². The molecular weight excluding hydrogens is 232 g/mol. The Morgan fingerprint density at radius 2 is 1.82 bits per heavy atom. The molecular formula is C12H14N4S. The van der Waals surface area contributed by atoms with Gasteiger partial charge in [-0.25, -0.2) is 4.98 Å². The Morgan fingerprint density at radius 3 is 2.41 bits per heavy atom. The third kappa shape index (κ3) is 2.94. The van der Waals surface area contributed by atoms with Gasteiger partial charge in [0, 0.05) is 10.5 Å². The van der Waals surface area contributed by atoms with Crippen molar-refractivity contribution in [3.63, 3.8) is 0 Å². The van der Waals surface area contributed by atoms with Gasteiger partial charge in [0.1, 0.15) is 5.82 Å². The number of nitrogens with zero attached hydrogens (tertiary/aromatic N) is 3.